The van der Waals surface area contributed by atoms with Crippen molar-refractivity contribution in [2.45, 2.75) is 0 Å². The van der Waals surface area contributed by atoms with Crippen LogP contribution in [0.25, 0.3) is 0 Å². The number of aromatic hydroxyl groups is 2. The van der Waals surface area contributed by atoms with Gasteiger partial charge < -0.3 is 10.2 Å². The fraction of sp³-hybridized carbons (Fsp3) is 0. The summed E-state index contributed by atoms with van der Waals surface area (Å²) < 4.78 is 53.1. The molecule has 3 nitrogen and oxygen atoms in total. The molecule has 2 aromatic rings. The Labute approximate surface area is 109 Å². The molecule has 104 valence electrons. The molecule has 0 radical (unpaired) electrons. The molecule has 20 heavy (non-hydrogen) atoms. The monoisotopic (exact) mass is 286 g/mol. The van der Waals surface area contributed by atoms with E-state index in [9.17, 15) is 22.4 Å². The maximum atomic E-state index is 13.5. The zero-order valence-electron chi connectivity index (χ0n) is 9.62. The fourth-order valence-corrected chi connectivity index (χ4v) is 1.57. The largest absolute Gasteiger partial charge is 0.505 e. The number of carbonyl (C=O) groups is 1. The average molecular weight is 286 g/mol. The van der Waals surface area contributed by atoms with Gasteiger partial charge in [0.15, 0.2) is 28.9 Å². The first kappa shape index (κ1) is 13.9. The molecule has 7 heteroatoms. The Morgan fingerprint density at radius 3 is 1.40 bits per heavy atom. The first-order chi connectivity index (χ1) is 9.31. The van der Waals surface area contributed by atoms with E-state index >= 15 is 0 Å². The van der Waals surface area contributed by atoms with Gasteiger partial charge in [0.25, 0.3) is 0 Å². The Kier molecular flexibility index (Phi) is 3.35. The SMILES string of the molecule is O=C(c1cc(F)c(O)cc1F)c1cc(F)c(O)cc1F. The maximum absolute atomic E-state index is 13.5. The average Bonchev–Trinajstić information content (AvgIpc) is 2.37. The lowest BCUT2D eigenvalue weighted by Crippen LogP contribution is -2.08. The highest BCUT2D eigenvalue weighted by Crippen LogP contribution is 2.25. The minimum atomic E-state index is -1.32. The molecule has 0 bridgehead atoms. The topological polar surface area (TPSA) is 57.5 Å². The Hall–Kier alpha value is -2.57. The van der Waals surface area contributed by atoms with Crippen molar-refractivity contribution in [3.63, 3.8) is 0 Å². The number of ketones is 1. The summed E-state index contributed by atoms with van der Waals surface area (Å²) in [6.07, 6.45) is 0. The molecule has 2 rings (SSSR count). The molecule has 0 amide bonds. The van der Waals surface area contributed by atoms with Gasteiger partial charge in [0.2, 0.25) is 0 Å². The third kappa shape index (κ3) is 2.29. The Morgan fingerprint density at radius 1 is 0.700 bits per heavy atom. The second-order valence-electron chi connectivity index (χ2n) is 3.90. The van der Waals surface area contributed by atoms with Crippen LogP contribution in [0.4, 0.5) is 17.6 Å². The highest BCUT2D eigenvalue weighted by Gasteiger charge is 2.22. The fourth-order valence-electron chi connectivity index (χ4n) is 1.57. The van der Waals surface area contributed by atoms with E-state index in [2.05, 4.69) is 0 Å². The van der Waals surface area contributed by atoms with Crippen molar-refractivity contribution in [2.24, 2.45) is 0 Å². The van der Waals surface area contributed by atoms with E-state index in [0.717, 1.165) is 0 Å². The molecule has 0 spiro atoms. The lowest BCUT2D eigenvalue weighted by atomic mass is 10.0. The number of carbonyl (C=O) groups excluding carboxylic acids is 1. The second-order valence-corrected chi connectivity index (χ2v) is 3.90. The molecule has 0 aliphatic carbocycles. The van der Waals surface area contributed by atoms with Gasteiger partial charge in [-0.05, 0) is 12.1 Å². The molecule has 2 N–H and O–H groups in total. The normalized spacial score (nSPS) is 10.6. The van der Waals surface area contributed by atoms with Crippen LogP contribution in [0.3, 0.4) is 0 Å². The van der Waals surface area contributed by atoms with Crippen LogP contribution >= 0.6 is 0 Å². The summed E-state index contributed by atoms with van der Waals surface area (Å²) in [6, 6.07) is 1.43. The van der Waals surface area contributed by atoms with Gasteiger partial charge in [-0.1, -0.05) is 0 Å². The molecule has 0 fully saturated rings. The molecule has 0 unspecified atom stereocenters. The molecular formula is C13H6F4O3. The van der Waals surface area contributed by atoms with E-state index in [1.807, 2.05) is 0 Å². The van der Waals surface area contributed by atoms with Crippen molar-refractivity contribution < 1.29 is 32.6 Å². The van der Waals surface area contributed by atoms with Gasteiger partial charge in [-0.3, -0.25) is 4.79 Å². The molecule has 0 atom stereocenters. The summed E-state index contributed by atoms with van der Waals surface area (Å²) in [5.74, 6) is -8.50. The van der Waals surface area contributed by atoms with Crippen molar-refractivity contribution in [1.29, 1.82) is 0 Å². The van der Waals surface area contributed by atoms with Crippen LogP contribution in [0, 0.1) is 23.3 Å². The summed E-state index contributed by atoms with van der Waals surface area (Å²) in [4.78, 5) is 11.8. The summed E-state index contributed by atoms with van der Waals surface area (Å²) >= 11 is 0. The van der Waals surface area contributed by atoms with Crippen LogP contribution < -0.4 is 0 Å². The van der Waals surface area contributed by atoms with Crippen molar-refractivity contribution in [1.82, 2.24) is 0 Å². The minimum Gasteiger partial charge on any atom is -0.505 e. The summed E-state index contributed by atoms with van der Waals surface area (Å²) in [5, 5.41) is 17.8. The highest BCUT2D eigenvalue weighted by molar-refractivity contribution is 6.09. The Balaban J connectivity index is 2.57. The van der Waals surface area contributed by atoms with Crippen LogP contribution in [-0.4, -0.2) is 16.0 Å². The van der Waals surface area contributed by atoms with Gasteiger partial charge in [0.1, 0.15) is 11.6 Å². The van der Waals surface area contributed by atoms with Crippen LogP contribution in [0.1, 0.15) is 15.9 Å². The van der Waals surface area contributed by atoms with E-state index in [-0.39, 0.29) is 0 Å². The van der Waals surface area contributed by atoms with Gasteiger partial charge in [0, 0.05) is 12.1 Å². The Morgan fingerprint density at radius 2 is 1.05 bits per heavy atom. The standard InChI is InChI=1S/C13H6F4O3/c14-7-3-11(18)9(16)1-5(7)13(20)6-2-10(17)12(19)4-8(6)15/h1-4,18-19H. The first-order valence-electron chi connectivity index (χ1n) is 5.22. The second kappa shape index (κ2) is 4.84. The van der Waals surface area contributed by atoms with Crippen molar-refractivity contribution >= 4 is 5.78 Å². The molecule has 2 aromatic carbocycles. The third-order valence-corrected chi connectivity index (χ3v) is 2.56. The predicted molar refractivity (Wildman–Crippen MR) is 59.5 cm³/mol. The number of hydrogen-bond acceptors (Lipinski definition) is 3. The number of phenolic OH excluding ortho intramolecular Hbond substituents is 2. The maximum Gasteiger partial charge on any atom is 0.199 e. The molecule has 0 aromatic heterocycles. The zero-order chi connectivity index (χ0) is 15.0. The number of benzene rings is 2. The molecule has 0 aliphatic heterocycles. The number of hydrogen-bond donors (Lipinski definition) is 2. The van der Waals surface area contributed by atoms with Crippen molar-refractivity contribution in [3.05, 3.63) is 58.7 Å². The van der Waals surface area contributed by atoms with E-state index in [0.29, 0.717) is 24.3 Å². The number of phenols is 2. The third-order valence-electron chi connectivity index (χ3n) is 2.56. The van der Waals surface area contributed by atoms with Crippen molar-refractivity contribution in [3.8, 4) is 11.5 Å². The summed E-state index contributed by atoms with van der Waals surface area (Å²) in [7, 11) is 0. The molecule has 0 heterocycles. The number of rotatable bonds is 2. The van der Waals surface area contributed by atoms with E-state index < -0.39 is 51.7 Å². The smallest absolute Gasteiger partial charge is 0.199 e. The Bertz CT molecular complexity index is 654. The minimum absolute atomic E-state index is 0.344. The van der Waals surface area contributed by atoms with Gasteiger partial charge in [0.05, 0.1) is 11.1 Å². The van der Waals surface area contributed by atoms with Crippen LogP contribution in [0.15, 0.2) is 24.3 Å². The van der Waals surface area contributed by atoms with Crippen LogP contribution in [0.2, 0.25) is 0 Å². The molecule has 0 saturated carbocycles. The predicted octanol–water partition coefficient (Wildman–Crippen LogP) is 2.89. The van der Waals surface area contributed by atoms with E-state index in [1.54, 1.807) is 0 Å². The molecule has 0 saturated heterocycles. The zero-order valence-corrected chi connectivity index (χ0v) is 9.62. The van der Waals surface area contributed by atoms with Crippen LogP contribution in [-0.2, 0) is 0 Å². The summed E-state index contributed by atoms with van der Waals surface area (Å²) in [5.41, 5.74) is -1.74. The molecule has 0 aliphatic rings. The first-order valence-corrected chi connectivity index (χ1v) is 5.22. The quantitative estimate of drug-likeness (QED) is 0.659. The van der Waals surface area contributed by atoms with Gasteiger partial charge >= 0.3 is 0 Å². The van der Waals surface area contributed by atoms with E-state index in [4.69, 9.17) is 10.2 Å². The van der Waals surface area contributed by atoms with Gasteiger partial charge in [-0.2, -0.15) is 0 Å². The van der Waals surface area contributed by atoms with Crippen molar-refractivity contribution in [2.75, 3.05) is 0 Å². The molecular weight excluding hydrogens is 280 g/mol. The van der Waals surface area contributed by atoms with E-state index in [1.165, 1.54) is 0 Å². The van der Waals surface area contributed by atoms with Gasteiger partial charge in [-0.15, -0.1) is 0 Å². The summed E-state index contributed by atoms with van der Waals surface area (Å²) in [6.45, 7) is 0. The highest BCUT2D eigenvalue weighted by atomic mass is 19.1. The lowest BCUT2D eigenvalue weighted by molar-refractivity contribution is 0.103. The van der Waals surface area contributed by atoms with Crippen LogP contribution in [0.5, 0.6) is 11.5 Å². The number of halogens is 4. The van der Waals surface area contributed by atoms with Gasteiger partial charge in [-0.25, -0.2) is 17.6 Å². The lowest BCUT2D eigenvalue weighted by Gasteiger charge is -2.06.